The van der Waals surface area contributed by atoms with Gasteiger partial charge in [-0.25, -0.2) is 14.8 Å². The van der Waals surface area contributed by atoms with Crippen molar-refractivity contribution in [1.82, 2.24) is 14.5 Å². The van der Waals surface area contributed by atoms with Crippen molar-refractivity contribution in [2.24, 2.45) is 0 Å². The molecule has 9 heteroatoms. The minimum atomic E-state index is -1.34. The van der Waals surface area contributed by atoms with Crippen molar-refractivity contribution < 1.29 is 14.6 Å². The van der Waals surface area contributed by atoms with Crippen molar-refractivity contribution in [3.05, 3.63) is 44.8 Å². The highest BCUT2D eigenvalue weighted by molar-refractivity contribution is 7.12. The van der Waals surface area contributed by atoms with E-state index in [0.717, 1.165) is 0 Å². The molecule has 3 rings (SSSR count). The van der Waals surface area contributed by atoms with Gasteiger partial charge in [-0.2, -0.15) is 0 Å². The van der Waals surface area contributed by atoms with Crippen LogP contribution in [0.1, 0.15) is 10.4 Å². The highest BCUT2D eigenvalue weighted by Crippen LogP contribution is 2.27. The smallest absolute Gasteiger partial charge is 0.341 e. The summed E-state index contributed by atoms with van der Waals surface area (Å²) in [4.78, 5) is 32.0. The van der Waals surface area contributed by atoms with Gasteiger partial charge in [0, 0.05) is 23.8 Å². The molecule has 0 fully saturated rings. The zero-order valence-corrected chi connectivity index (χ0v) is 12.7. The Morgan fingerprint density at radius 2 is 2.27 bits per heavy atom. The SMILES string of the molecule is COc1cc(Cl)nc2c1c(=O)c(C(=O)O)cn2-c1nccs1. The van der Waals surface area contributed by atoms with Crippen LogP contribution >= 0.6 is 22.9 Å². The van der Waals surface area contributed by atoms with E-state index in [4.69, 9.17) is 16.3 Å². The average Bonchev–Trinajstić information content (AvgIpc) is 3.00. The Labute approximate surface area is 132 Å². The van der Waals surface area contributed by atoms with E-state index in [0.29, 0.717) is 5.13 Å². The van der Waals surface area contributed by atoms with Crippen LogP contribution in [0.3, 0.4) is 0 Å². The van der Waals surface area contributed by atoms with Gasteiger partial charge in [0.25, 0.3) is 0 Å². The third kappa shape index (κ3) is 2.22. The van der Waals surface area contributed by atoms with Crippen LogP contribution in [0.4, 0.5) is 0 Å². The van der Waals surface area contributed by atoms with Crippen molar-refractivity contribution in [2.75, 3.05) is 7.11 Å². The largest absolute Gasteiger partial charge is 0.496 e. The van der Waals surface area contributed by atoms with Gasteiger partial charge in [-0.1, -0.05) is 11.6 Å². The van der Waals surface area contributed by atoms with Crippen LogP contribution in [0, 0.1) is 0 Å². The first kappa shape index (κ1) is 14.5. The molecular weight excluding hydrogens is 330 g/mol. The molecule has 3 heterocycles. The molecule has 7 nitrogen and oxygen atoms in total. The topological polar surface area (TPSA) is 94.3 Å². The van der Waals surface area contributed by atoms with E-state index in [9.17, 15) is 14.7 Å². The number of thiazole rings is 1. The third-order valence-electron chi connectivity index (χ3n) is 2.97. The van der Waals surface area contributed by atoms with Gasteiger partial charge in [-0.15, -0.1) is 11.3 Å². The Hall–Kier alpha value is -2.45. The Kier molecular flexibility index (Phi) is 3.55. The summed E-state index contributed by atoms with van der Waals surface area (Å²) in [6.45, 7) is 0. The van der Waals surface area contributed by atoms with Gasteiger partial charge >= 0.3 is 5.97 Å². The maximum atomic E-state index is 12.4. The fraction of sp³-hybridized carbons (Fsp3) is 0.0769. The summed E-state index contributed by atoms with van der Waals surface area (Å²) in [5.41, 5.74) is -0.893. The first-order valence-electron chi connectivity index (χ1n) is 5.96. The van der Waals surface area contributed by atoms with E-state index in [1.807, 2.05) is 0 Å². The maximum Gasteiger partial charge on any atom is 0.341 e. The lowest BCUT2D eigenvalue weighted by Gasteiger charge is -2.11. The molecule has 0 aliphatic carbocycles. The van der Waals surface area contributed by atoms with Crippen LogP contribution in [0.25, 0.3) is 16.2 Å². The molecule has 0 unspecified atom stereocenters. The Balaban J connectivity index is 2.54. The van der Waals surface area contributed by atoms with Crippen LogP contribution in [0.2, 0.25) is 5.15 Å². The Bertz CT molecular complexity index is 937. The lowest BCUT2D eigenvalue weighted by atomic mass is 10.2. The number of carboxylic acid groups (broad SMARTS) is 1. The highest BCUT2D eigenvalue weighted by Gasteiger charge is 2.20. The van der Waals surface area contributed by atoms with Gasteiger partial charge in [-0.05, 0) is 0 Å². The summed E-state index contributed by atoms with van der Waals surface area (Å²) >= 11 is 7.22. The van der Waals surface area contributed by atoms with E-state index in [1.165, 1.54) is 35.3 Å². The zero-order valence-electron chi connectivity index (χ0n) is 11.1. The number of carboxylic acids is 1. The number of hydrogen-bond acceptors (Lipinski definition) is 6. The van der Waals surface area contributed by atoms with Gasteiger partial charge in [0.2, 0.25) is 5.43 Å². The summed E-state index contributed by atoms with van der Waals surface area (Å²) < 4.78 is 6.56. The molecule has 0 saturated heterocycles. The number of rotatable bonds is 3. The van der Waals surface area contributed by atoms with Gasteiger partial charge in [0.15, 0.2) is 10.8 Å². The summed E-state index contributed by atoms with van der Waals surface area (Å²) in [5.74, 6) is -1.18. The monoisotopic (exact) mass is 337 g/mol. The molecular formula is C13H8ClN3O4S. The third-order valence-corrected chi connectivity index (χ3v) is 3.93. The lowest BCUT2D eigenvalue weighted by molar-refractivity contribution is 0.0695. The van der Waals surface area contributed by atoms with Crippen molar-refractivity contribution in [3.63, 3.8) is 0 Å². The molecule has 0 aliphatic heterocycles. The predicted octanol–water partition coefficient (Wildman–Crippen LogP) is 2.20. The zero-order chi connectivity index (χ0) is 15.9. The van der Waals surface area contributed by atoms with Gasteiger partial charge in [-0.3, -0.25) is 9.36 Å². The van der Waals surface area contributed by atoms with Crippen molar-refractivity contribution in [3.8, 4) is 10.9 Å². The number of carbonyl (C=O) groups is 1. The van der Waals surface area contributed by atoms with Crippen molar-refractivity contribution >= 4 is 39.9 Å². The van der Waals surface area contributed by atoms with Gasteiger partial charge in [0.1, 0.15) is 21.9 Å². The van der Waals surface area contributed by atoms with Crippen LogP contribution in [-0.4, -0.2) is 32.7 Å². The molecule has 0 spiro atoms. The van der Waals surface area contributed by atoms with Crippen LogP contribution in [-0.2, 0) is 0 Å². The minimum Gasteiger partial charge on any atom is -0.496 e. The van der Waals surface area contributed by atoms with Crippen LogP contribution in [0.15, 0.2) is 28.6 Å². The molecule has 0 aromatic carbocycles. The first-order chi connectivity index (χ1) is 10.5. The molecule has 3 aromatic rings. The number of nitrogens with zero attached hydrogens (tertiary/aromatic N) is 3. The standard InChI is InChI=1S/C13H8ClN3O4S/c1-21-7-4-8(14)16-11-9(7)10(18)6(12(19)20)5-17(11)13-15-2-3-22-13/h2-5H,1H3,(H,19,20). The van der Waals surface area contributed by atoms with E-state index in [1.54, 1.807) is 11.6 Å². The average molecular weight is 338 g/mol. The molecule has 0 aliphatic rings. The molecule has 22 heavy (non-hydrogen) atoms. The summed E-state index contributed by atoms with van der Waals surface area (Å²) in [6, 6.07) is 1.36. The van der Waals surface area contributed by atoms with Crippen LogP contribution in [0.5, 0.6) is 5.75 Å². The van der Waals surface area contributed by atoms with E-state index >= 15 is 0 Å². The fourth-order valence-corrected chi connectivity index (χ4v) is 2.84. The molecule has 1 N–H and O–H groups in total. The van der Waals surface area contributed by atoms with Gasteiger partial charge < -0.3 is 9.84 Å². The second kappa shape index (κ2) is 5.39. The molecule has 0 amide bonds. The highest BCUT2D eigenvalue weighted by atomic mass is 35.5. The molecule has 0 radical (unpaired) electrons. The number of halogens is 1. The second-order valence-electron chi connectivity index (χ2n) is 4.21. The van der Waals surface area contributed by atoms with Crippen molar-refractivity contribution in [1.29, 1.82) is 0 Å². The fourth-order valence-electron chi connectivity index (χ4n) is 2.05. The number of fused-ring (bicyclic) bond motifs is 1. The number of aromatic carboxylic acids is 1. The summed E-state index contributed by atoms with van der Waals surface area (Å²) in [6.07, 6.45) is 2.75. The van der Waals surface area contributed by atoms with E-state index in [-0.39, 0.29) is 21.9 Å². The maximum absolute atomic E-state index is 12.4. The van der Waals surface area contributed by atoms with Crippen LogP contribution < -0.4 is 10.2 Å². The van der Waals surface area contributed by atoms with Crippen molar-refractivity contribution in [2.45, 2.75) is 0 Å². The number of pyridine rings is 2. The first-order valence-corrected chi connectivity index (χ1v) is 7.21. The van der Waals surface area contributed by atoms with E-state index < -0.39 is 17.0 Å². The molecule has 112 valence electrons. The van der Waals surface area contributed by atoms with Gasteiger partial charge in [0.05, 0.1) is 7.11 Å². The molecule has 0 bridgehead atoms. The predicted molar refractivity (Wildman–Crippen MR) is 81.5 cm³/mol. The number of ether oxygens (including phenoxy) is 1. The number of hydrogen-bond donors (Lipinski definition) is 1. The van der Waals surface area contributed by atoms with E-state index in [2.05, 4.69) is 9.97 Å². The second-order valence-corrected chi connectivity index (χ2v) is 5.47. The molecule has 0 atom stereocenters. The Morgan fingerprint density at radius 3 is 2.86 bits per heavy atom. The quantitative estimate of drug-likeness (QED) is 0.736. The number of aromatic nitrogens is 3. The summed E-state index contributed by atoms with van der Waals surface area (Å²) in [5, 5.41) is 11.6. The lowest BCUT2D eigenvalue weighted by Crippen LogP contribution is -2.19. The minimum absolute atomic E-state index is 0.0435. The normalized spacial score (nSPS) is 10.8. The molecule has 3 aromatic heterocycles. The molecule has 0 saturated carbocycles. The summed E-state index contributed by atoms with van der Waals surface area (Å²) in [7, 11) is 1.37. The Morgan fingerprint density at radius 1 is 1.50 bits per heavy atom. The number of methoxy groups -OCH3 is 1.